The first-order valence-electron chi connectivity index (χ1n) is 5.56. The van der Waals surface area contributed by atoms with E-state index in [4.69, 9.17) is 9.47 Å². The molecule has 1 aliphatic heterocycles. The van der Waals surface area contributed by atoms with Crippen LogP contribution >= 0.6 is 0 Å². The summed E-state index contributed by atoms with van der Waals surface area (Å²) in [6.45, 7) is 3.58. The van der Waals surface area contributed by atoms with Crippen LogP contribution in [-0.4, -0.2) is 23.8 Å². The summed E-state index contributed by atoms with van der Waals surface area (Å²) in [6, 6.07) is 3.31. The molecule has 0 spiro atoms. The van der Waals surface area contributed by atoms with Gasteiger partial charge in [0.1, 0.15) is 11.5 Å². The largest absolute Gasteiger partial charge is 0.508 e. The number of methoxy groups -OCH3 is 1. The van der Waals surface area contributed by atoms with Crippen LogP contribution in [0.4, 0.5) is 0 Å². The molecule has 0 bridgehead atoms. The first-order valence-corrected chi connectivity index (χ1v) is 5.56. The highest BCUT2D eigenvalue weighted by Gasteiger charge is 2.40. The van der Waals surface area contributed by atoms with Crippen LogP contribution in [0.25, 0.3) is 0 Å². The molecule has 1 atom stereocenters. The maximum Gasteiger partial charge on any atom is 0.349 e. The molecule has 0 amide bonds. The predicted molar refractivity (Wildman–Crippen MR) is 62.2 cm³/mol. The molecule has 1 aromatic carbocycles. The van der Waals surface area contributed by atoms with Crippen molar-refractivity contribution in [3.63, 3.8) is 0 Å². The highest BCUT2D eigenvalue weighted by Crippen LogP contribution is 2.38. The molecule has 1 aliphatic rings. The van der Waals surface area contributed by atoms with Crippen molar-refractivity contribution in [3.05, 3.63) is 23.3 Å². The summed E-state index contributed by atoms with van der Waals surface area (Å²) < 4.78 is 10.5. The molecule has 0 saturated heterocycles. The van der Waals surface area contributed by atoms with Crippen molar-refractivity contribution in [1.29, 1.82) is 0 Å². The minimum Gasteiger partial charge on any atom is -0.508 e. The Bertz CT molecular complexity index is 467. The Morgan fingerprint density at radius 3 is 2.88 bits per heavy atom. The van der Waals surface area contributed by atoms with E-state index in [0.29, 0.717) is 18.6 Å². The Kier molecular flexibility index (Phi) is 2.73. The third kappa shape index (κ3) is 1.95. The zero-order valence-electron chi connectivity index (χ0n) is 10.2. The first-order chi connectivity index (χ1) is 7.96. The monoisotopic (exact) mass is 236 g/mol. The Balaban J connectivity index is 2.39. The molecule has 1 aromatic rings. The summed E-state index contributed by atoms with van der Waals surface area (Å²) >= 11 is 0. The third-order valence-electron chi connectivity index (χ3n) is 3.15. The Morgan fingerprint density at radius 1 is 1.53 bits per heavy atom. The number of carbonyl (C=O) groups is 1. The number of carbonyl (C=O) groups excluding carboxylic acids is 1. The minimum absolute atomic E-state index is 0.228. The summed E-state index contributed by atoms with van der Waals surface area (Å²) in [7, 11) is 1.36. The maximum atomic E-state index is 11.7. The first kappa shape index (κ1) is 11.8. The molecule has 0 aromatic heterocycles. The second kappa shape index (κ2) is 3.95. The van der Waals surface area contributed by atoms with Gasteiger partial charge >= 0.3 is 5.97 Å². The van der Waals surface area contributed by atoms with Gasteiger partial charge in [-0.15, -0.1) is 0 Å². The van der Waals surface area contributed by atoms with Crippen molar-refractivity contribution in [2.24, 2.45) is 0 Å². The zero-order chi connectivity index (χ0) is 12.6. The van der Waals surface area contributed by atoms with Crippen molar-refractivity contribution in [2.45, 2.75) is 32.3 Å². The van der Waals surface area contributed by atoms with Crippen molar-refractivity contribution < 1.29 is 19.4 Å². The topological polar surface area (TPSA) is 55.8 Å². The number of rotatable bonds is 1. The van der Waals surface area contributed by atoms with E-state index in [0.717, 1.165) is 11.1 Å². The molecule has 2 rings (SSSR count). The zero-order valence-corrected chi connectivity index (χ0v) is 10.2. The quantitative estimate of drug-likeness (QED) is 0.757. The fourth-order valence-electron chi connectivity index (χ4n) is 2.17. The highest BCUT2D eigenvalue weighted by molar-refractivity contribution is 5.80. The third-order valence-corrected chi connectivity index (χ3v) is 3.15. The molecule has 92 valence electrons. The van der Waals surface area contributed by atoms with Crippen molar-refractivity contribution in [2.75, 3.05) is 7.11 Å². The van der Waals surface area contributed by atoms with Gasteiger partial charge in [-0.3, -0.25) is 0 Å². The fraction of sp³-hybridized carbons (Fsp3) is 0.462. The highest BCUT2D eigenvalue weighted by atomic mass is 16.6. The van der Waals surface area contributed by atoms with Crippen LogP contribution in [-0.2, 0) is 16.0 Å². The summed E-state index contributed by atoms with van der Waals surface area (Å²) in [5.41, 5.74) is 0.836. The second-order valence-electron chi connectivity index (χ2n) is 4.58. The Hall–Kier alpha value is -1.71. The Labute approximate surface area is 100 Å². The molecular weight excluding hydrogens is 220 g/mol. The van der Waals surface area contributed by atoms with E-state index in [-0.39, 0.29) is 11.7 Å². The van der Waals surface area contributed by atoms with Crippen molar-refractivity contribution in [3.8, 4) is 11.5 Å². The lowest BCUT2D eigenvalue weighted by Gasteiger charge is -2.34. The van der Waals surface area contributed by atoms with Crippen LogP contribution in [0.2, 0.25) is 0 Å². The smallest absolute Gasteiger partial charge is 0.349 e. The second-order valence-corrected chi connectivity index (χ2v) is 4.58. The molecule has 4 nitrogen and oxygen atoms in total. The summed E-state index contributed by atoms with van der Waals surface area (Å²) in [4.78, 5) is 11.7. The normalized spacial score (nSPS) is 22.5. The van der Waals surface area contributed by atoms with Gasteiger partial charge < -0.3 is 14.6 Å². The average molecular weight is 236 g/mol. The van der Waals surface area contributed by atoms with Crippen LogP contribution in [0, 0.1) is 6.92 Å². The van der Waals surface area contributed by atoms with Crippen LogP contribution in [0.1, 0.15) is 24.5 Å². The lowest BCUT2D eigenvalue weighted by molar-refractivity contribution is -0.159. The van der Waals surface area contributed by atoms with Gasteiger partial charge in [-0.1, -0.05) is 0 Å². The fourth-order valence-corrected chi connectivity index (χ4v) is 2.17. The molecule has 0 aliphatic carbocycles. The SMILES string of the molecule is COC(=O)C1(C)CCc2cc(O)cc(C)c2O1. The molecule has 4 heteroatoms. The molecule has 1 heterocycles. The van der Waals surface area contributed by atoms with Gasteiger partial charge in [-0.2, -0.15) is 0 Å². The summed E-state index contributed by atoms with van der Waals surface area (Å²) in [5, 5.41) is 9.51. The van der Waals surface area contributed by atoms with Gasteiger partial charge in [0.25, 0.3) is 0 Å². The van der Waals surface area contributed by atoms with Gasteiger partial charge in [0.05, 0.1) is 7.11 Å². The number of ether oxygens (including phenoxy) is 2. The van der Waals surface area contributed by atoms with Gasteiger partial charge in [0.15, 0.2) is 0 Å². The lowest BCUT2D eigenvalue weighted by Crippen LogP contribution is -2.45. The summed E-state index contributed by atoms with van der Waals surface area (Å²) in [6.07, 6.45) is 1.24. The summed E-state index contributed by atoms with van der Waals surface area (Å²) in [5.74, 6) is 0.545. The van der Waals surface area contributed by atoms with Crippen LogP contribution in [0.5, 0.6) is 11.5 Å². The molecular formula is C13H16O4. The van der Waals surface area contributed by atoms with Crippen molar-refractivity contribution in [1.82, 2.24) is 0 Å². The van der Waals surface area contributed by atoms with Crippen LogP contribution in [0.3, 0.4) is 0 Å². The van der Waals surface area contributed by atoms with E-state index in [1.165, 1.54) is 7.11 Å². The average Bonchev–Trinajstić information content (AvgIpc) is 2.29. The number of fused-ring (bicyclic) bond motifs is 1. The van der Waals surface area contributed by atoms with Gasteiger partial charge in [0, 0.05) is 6.42 Å². The number of esters is 1. The van der Waals surface area contributed by atoms with Crippen LogP contribution < -0.4 is 4.74 Å². The molecule has 1 unspecified atom stereocenters. The number of hydrogen-bond acceptors (Lipinski definition) is 4. The van der Waals surface area contributed by atoms with E-state index in [1.807, 2.05) is 6.92 Å². The minimum atomic E-state index is -0.927. The molecule has 0 saturated carbocycles. The van der Waals surface area contributed by atoms with E-state index in [1.54, 1.807) is 19.1 Å². The molecule has 0 radical (unpaired) electrons. The van der Waals surface area contributed by atoms with Gasteiger partial charge in [-0.05, 0) is 43.5 Å². The number of hydrogen-bond donors (Lipinski definition) is 1. The molecule has 17 heavy (non-hydrogen) atoms. The molecule has 1 N–H and O–H groups in total. The van der Waals surface area contributed by atoms with E-state index < -0.39 is 5.60 Å². The number of aromatic hydroxyl groups is 1. The van der Waals surface area contributed by atoms with Crippen molar-refractivity contribution >= 4 is 5.97 Å². The number of aryl methyl sites for hydroxylation is 2. The van der Waals surface area contributed by atoms with E-state index in [2.05, 4.69) is 0 Å². The molecule has 0 fully saturated rings. The van der Waals surface area contributed by atoms with Gasteiger partial charge in [0.2, 0.25) is 5.60 Å². The van der Waals surface area contributed by atoms with Crippen LogP contribution in [0.15, 0.2) is 12.1 Å². The number of phenolic OH excluding ortho intramolecular Hbond substituents is 1. The predicted octanol–water partition coefficient (Wildman–Crippen LogP) is 1.96. The maximum absolute atomic E-state index is 11.7. The lowest BCUT2D eigenvalue weighted by atomic mass is 9.91. The van der Waals surface area contributed by atoms with E-state index in [9.17, 15) is 9.90 Å². The van der Waals surface area contributed by atoms with E-state index >= 15 is 0 Å². The number of benzene rings is 1. The number of phenols is 1. The Morgan fingerprint density at radius 2 is 2.24 bits per heavy atom. The standard InChI is InChI=1S/C13H16O4/c1-8-6-10(14)7-9-4-5-13(2,12(15)16-3)17-11(8)9/h6-7,14H,4-5H2,1-3H3. The van der Waals surface area contributed by atoms with Gasteiger partial charge in [-0.25, -0.2) is 4.79 Å².